The molecule has 4 aromatic rings. The number of pyridine rings is 1. The number of primary amides is 1. The summed E-state index contributed by atoms with van der Waals surface area (Å²) in [5.74, 6) is -2.40. The van der Waals surface area contributed by atoms with Crippen LogP contribution in [0.5, 0.6) is 0 Å². The van der Waals surface area contributed by atoms with Gasteiger partial charge in [-0.05, 0) is 42.0 Å². The maximum atomic E-state index is 14.2. The largest absolute Gasteiger partial charge is 0.419 e. The number of halogens is 5. The van der Waals surface area contributed by atoms with Crippen LogP contribution in [0.4, 0.5) is 27.8 Å². The van der Waals surface area contributed by atoms with Crippen LogP contribution in [-0.4, -0.2) is 29.6 Å². The van der Waals surface area contributed by atoms with Gasteiger partial charge in [-0.1, -0.05) is 12.1 Å². The number of alkyl halides is 3. The molecule has 2 N–H and O–H groups in total. The third kappa shape index (κ3) is 4.18. The number of rotatable bonds is 5. The van der Waals surface area contributed by atoms with Crippen molar-refractivity contribution in [3.63, 3.8) is 0 Å². The van der Waals surface area contributed by atoms with Crippen molar-refractivity contribution in [3.05, 3.63) is 83.2 Å². The Morgan fingerprint density at radius 3 is 2.38 bits per heavy atom. The summed E-state index contributed by atoms with van der Waals surface area (Å²) in [6.45, 7) is -0.0203. The smallest absolute Gasteiger partial charge is 0.364 e. The quantitative estimate of drug-likeness (QED) is 0.404. The lowest BCUT2D eigenvalue weighted by molar-refractivity contribution is -0.137. The molecule has 4 rings (SSSR count). The van der Waals surface area contributed by atoms with Crippen molar-refractivity contribution < 1.29 is 26.7 Å². The van der Waals surface area contributed by atoms with Crippen LogP contribution < -0.4 is 10.6 Å². The van der Waals surface area contributed by atoms with Crippen molar-refractivity contribution in [2.75, 3.05) is 19.0 Å². The average Bonchev–Trinajstić information content (AvgIpc) is 3.06. The molecule has 2 aromatic heterocycles. The number of nitrogens with zero attached hydrogens (tertiary/aromatic N) is 3. The molecule has 0 aliphatic rings. The summed E-state index contributed by atoms with van der Waals surface area (Å²) in [5.41, 5.74) is 5.29. The number of amides is 1. The van der Waals surface area contributed by atoms with Crippen LogP contribution in [0.3, 0.4) is 0 Å². The first-order valence-corrected chi connectivity index (χ1v) is 10.1. The molecule has 0 aliphatic heterocycles. The van der Waals surface area contributed by atoms with Crippen LogP contribution in [0.1, 0.15) is 21.6 Å². The molecule has 0 atom stereocenters. The van der Waals surface area contributed by atoms with E-state index in [0.717, 1.165) is 18.2 Å². The number of benzene rings is 2. The van der Waals surface area contributed by atoms with E-state index in [0.29, 0.717) is 11.1 Å². The maximum absolute atomic E-state index is 14.2. The van der Waals surface area contributed by atoms with Crippen LogP contribution in [0.25, 0.3) is 22.0 Å². The van der Waals surface area contributed by atoms with E-state index in [1.807, 2.05) is 0 Å². The van der Waals surface area contributed by atoms with Gasteiger partial charge in [-0.3, -0.25) is 4.79 Å². The summed E-state index contributed by atoms with van der Waals surface area (Å²) in [6.07, 6.45) is -3.55. The fraction of sp³-hybridized carbons (Fsp3) is 0.167. The Hall–Kier alpha value is -3.95. The number of hydrogen-bond donors (Lipinski definition) is 1. The molecule has 1 amide bonds. The zero-order chi connectivity index (χ0) is 24.8. The van der Waals surface area contributed by atoms with Crippen molar-refractivity contribution in [1.82, 2.24) is 9.55 Å². The van der Waals surface area contributed by atoms with E-state index in [2.05, 4.69) is 4.98 Å². The van der Waals surface area contributed by atoms with Crippen LogP contribution in [0, 0.1) is 11.6 Å². The van der Waals surface area contributed by atoms with Gasteiger partial charge in [0, 0.05) is 48.9 Å². The summed E-state index contributed by atoms with van der Waals surface area (Å²) in [7, 11) is 2.85. The molecule has 2 aromatic carbocycles. The Morgan fingerprint density at radius 1 is 1.06 bits per heavy atom. The van der Waals surface area contributed by atoms with Gasteiger partial charge in [-0.15, -0.1) is 0 Å². The molecular weight excluding hydrogens is 455 g/mol. The summed E-state index contributed by atoms with van der Waals surface area (Å²) in [6, 6.07) is 10.2. The van der Waals surface area contributed by atoms with Gasteiger partial charge in [-0.2, -0.15) is 13.2 Å². The van der Waals surface area contributed by atoms with Crippen molar-refractivity contribution in [3.8, 4) is 11.1 Å². The fourth-order valence-corrected chi connectivity index (χ4v) is 4.02. The van der Waals surface area contributed by atoms with Gasteiger partial charge in [0.1, 0.15) is 23.1 Å². The number of anilines is 1. The lowest BCUT2D eigenvalue weighted by atomic mass is 10.0. The molecule has 0 fully saturated rings. The van der Waals surface area contributed by atoms with Gasteiger partial charge in [0.2, 0.25) is 0 Å². The fourth-order valence-electron chi connectivity index (χ4n) is 4.02. The van der Waals surface area contributed by atoms with Crippen LogP contribution in [0.2, 0.25) is 0 Å². The van der Waals surface area contributed by atoms with Gasteiger partial charge < -0.3 is 15.2 Å². The van der Waals surface area contributed by atoms with Crippen LogP contribution >= 0.6 is 0 Å². The highest BCUT2D eigenvalue weighted by atomic mass is 19.4. The number of hydrogen-bond acceptors (Lipinski definition) is 3. The van der Waals surface area contributed by atoms with E-state index < -0.39 is 29.3 Å². The van der Waals surface area contributed by atoms with E-state index in [4.69, 9.17) is 5.73 Å². The summed E-state index contributed by atoms with van der Waals surface area (Å²) in [4.78, 5) is 17.7. The summed E-state index contributed by atoms with van der Waals surface area (Å²) < 4.78 is 70.8. The van der Waals surface area contributed by atoms with Gasteiger partial charge in [0.15, 0.2) is 0 Å². The van der Waals surface area contributed by atoms with Gasteiger partial charge in [0.05, 0.1) is 5.56 Å². The SMILES string of the molecule is CN(C)c1ncc(-c2c(C(N)=O)n(Cc3cccc(F)c3)c3ccc(F)cc23)cc1C(F)(F)F. The third-order valence-electron chi connectivity index (χ3n) is 5.37. The Morgan fingerprint density at radius 2 is 1.76 bits per heavy atom. The van der Waals surface area contributed by atoms with E-state index >= 15 is 0 Å². The predicted molar refractivity (Wildman–Crippen MR) is 118 cm³/mol. The van der Waals surface area contributed by atoms with Crippen molar-refractivity contribution >= 4 is 22.6 Å². The van der Waals surface area contributed by atoms with E-state index in [1.165, 1.54) is 54.0 Å². The monoisotopic (exact) mass is 474 g/mol. The highest BCUT2D eigenvalue weighted by molar-refractivity contribution is 6.10. The minimum absolute atomic E-state index is 0.0155. The second-order valence-electron chi connectivity index (χ2n) is 7.95. The molecule has 5 nitrogen and oxygen atoms in total. The van der Waals surface area contributed by atoms with Gasteiger partial charge in [0.25, 0.3) is 5.91 Å². The molecule has 0 aliphatic carbocycles. The number of carbonyl (C=O) groups is 1. The minimum Gasteiger partial charge on any atom is -0.364 e. The highest BCUT2D eigenvalue weighted by Gasteiger charge is 2.36. The second-order valence-corrected chi connectivity index (χ2v) is 7.95. The number of nitrogens with two attached hydrogens (primary N) is 1. The summed E-state index contributed by atoms with van der Waals surface area (Å²) in [5, 5.41) is 0.178. The maximum Gasteiger partial charge on any atom is 0.419 e. The number of fused-ring (bicyclic) bond motifs is 1. The lowest BCUT2D eigenvalue weighted by Gasteiger charge is -2.19. The normalized spacial score (nSPS) is 11.7. The molecule has 10 heteroatoms. The van der Waals surface area contributed by atoms with Crippen molar-refractivity contribution in [2.24, 2.45) is 5.73 Å². The lowest BCUT2D eigenvalue weighted by Crippen LogP contribution is -2.20. The van der Waals surface area contributed by atoms with Gasteiger partial charge >= 0.3 is 6.18 Å². The molecule has 0 bridgehead atoms. The zero-order valence-electron chi connectivity index (χ0n) is 18.1. The molecule has 0 unspecified atom stereocenters. The molecule has 176 valence electrons. The van der Waals surface area contributed by atoms with Gasteiger partial charge in [-0.25, -0.2) is 13.8 Å². The highest BCUT2D eigenvalue weighted by Crippen LogP contribution is 2.41. The zero-order valence-corrected chi connectivity index (χ0v) is 18.1. The number of carbonyl (C=O) groups excluding carboxylic acids is 1. The Bertz CT molecular complexity index is 1410. The minimum atomic E-state index is -4.74. The van der Waals surface area contributed by atoms with Crippen LogP contribution in [0.15, 0.2) is 54.7 Å². The molecular formula is C24H19F5N4O. The average molecular weight is 474 g/mol. The number of aromatic nitrogens is 2. The Balaban J connectivity index is 2.04. The first kappa shape index (κ1) is 23.2. The second kappa shape index (κ2) is 8.44. The summed E-state index contributed by atoms with van der Waals surface area (Å²) >= 11 is 0. The molecule has 0 saturated heterocycles. The Kier molecular flexibility index (Phi) is 5.76. The Labute approximate surface area is 191 Å². The first-order chi connectivity index (χ1) is 16.0. The predicted octanol–water partition coefficient (Wildman–Crippen LogP) is 5.21. The van der Waals surface area contributed by atoms with E-state index in [1.54, 1.807) is 6.07 Å². The molecule has 0 radical (unpaired) electrons. The standard InChI is InChI=1S/C24H19F5N4O/c1-32(2)23-18(24(27,28)29)9-14(11-31-23)20-17-10-16(26)6-7-19(17)33(21(20)22(30)34)12-13-4-3-5-15(25)8-13/h3-11H,12H2,1-2H3,(H2,30,34). The topological polar surface area (TPSA) is 64.2 Å². The van der Waals surface area contributed by atoms with E-state index in [-0.39, 0.29) is 34.6 Å². The van der Waals surface area contributed by atoms with Crippen molar-refractivity contribution in [2.45, 2.75) is 12.7 Å². The van der Waals surface area contributed by atoms with Crippen LogP contribution in [-0.2, 0) is 12.7 Å². The van der Waals surface area contributed by atoms with E-state index in [9.17, 15) is 26.7 Å². The molecule has 34 heavy (non-hydrogen) atoms. The molecule has 0 spiro atoms. The molecule has 2 heterocycles. The first-order valence-electron chi connectivity index (χ1n) is 10.1. The van der Waals surface area contributed by atoms with Crippen molar-refractivity contribution in [1.29, 1.82) is 0 Å². The third-order valence-corrected chi connectivity index (χ3v) is 5.37. The molecule has 0 saturated carbocycles.